The van der Waals surface area contributed by atoms with Gasteiger partial charge in [-0.05, 0) is 18.2 Å². The Labute approximate surface area is 136 Å². The van der Waals surface area contributed by atoms with E-state index in [-0.39, 0.29) is 5.96 Å². The van der Waals surface area contributed by atoms with Crippen molar-refractivity contribution in [3.63, 3.8) is 0 Å². The fourth-order valence-corrected chi connectivity index (χ4v) is 4.84. The fraction of sp³-hybridized carbons (Fsp3) is 0.429. The molecular formula is C14H18FN5O2S. The van der Waals surface area contributed by atoms with Crippen molar-refractivity contribution in [3.05, 3.63) is 29.6 Å². The van der Waals surface area contributed by atoms with E-state index in [1.54, 1.807) is 7.05 Å². The van der Waals surface area contributed by atoms with Crippen LogP contribution >= 0.6 is 0 Å². The maximum atomic E-state index is 14.4. The largest absolute Gasteiger partial charge is 0.592 e. The zero-order chi connectivity index (χ0) is 16.6. The number of rotatable bonds is 3. The van der Waals surface area contributed by atoms with E-state index < -0.39 is 28.0 Å². The molecule has 2 saturated heterocycles. The summed E-state index contributed by atoms with van der Waals surface area (Å²) in [5.74, 6) is -0.474. The van der Waals surface area contributed by atoms with E-state index in [1.807, 2.05) is 0 Å². The molecule has 4 N–H and O–H groups in total. The molecule has 2 fully saturated rings. The number of hydrogen-bond acceptors (Lipinski definition) is 4. The molecule has 0 radical (unpaired) electrons. The number of carbonyl (C=O) groups excluding carboxylic acids is 1. The SMILES string of the molecule is CN1C(=N)NC(c2cc(NC=O)ccc2F)C2(CCNC2)[S+]1[O-]. The Balaban J connectivity index is 2.07. The van der Waals surface area contributed by atoms with Crippen molar-refractivity contribution in [2.24, 2.45) is 0 Å². The summed E-state index contributed by atoms with van der Waals surface area (Å²) in [5.41, 5.74) is 0.752. The molecule has 0 bridgehead atoms. The number of amides is 1. The van der Waals surface area contributed by atoms with Gasteiger partial charge in [-0.1, -0.05) is 0 Å². The Bertz CT molecular complexity index is 638. The predicted molar refractivity (Wildman–Crippen MR) is 85.8 cm³/mol. The molecular weight excluding hydrogens is 321 g/mol. The second-order valence-corrected chi connectivity index (χ2v) is 7.52. The van der Waals surface area contributed by atoms with E-state index in [0.29, 0.717) is 37.2 Å². The first-order valence-electron chi connectivity index (χ1n) is 7.21. The summed E-state index contributed by atoms with van der Waals surface area (Å²) in [7, 11) is 1.59. The minimum Gasteiger partial charge on any atom is -0.592 e. The second-order valence-electron chi connectivity index (χ2n) is 5.66. The third-order valence-electron chi connectivity index (χ3n) is 4.40. The molecule has 0 aromatic heterocycles. The van der Waals surface area contributed by atoms with Gasteiger partial charge < -0.3 is 20.5 Å². The van der Waals surface area contributed by atoms with Crippen molar-refractivity contribution in [2.75, 3.05) is 25.5 Å². The van der Waals surface area contributed by atoms with Crippen molar-refractivity contribution in [2.45, 2.75) is 17.2 Å². The van der Waals surface area contributed by atoms with Crippen LogP contribution in [0.1, 0.15) is 18.0 Å². The monoisotopic (exact) mass is 339 g/mol. The lowest BCUT2D eigenvalue weighted by atomic mass is 9.90. The Morgan fingerprint density at radius 1 is 1.61 bits per heavy atom. The number of benzene rings is 1. The smallest absolute Gasteiger partial charge is 0.234 e. The molecule has 2 aliphatic rings. The number of nitrogens with one attached hydrogen (secondary N) is 4. The molecule has 3 atom stereocenters. The number of halogens is 1. The van der Waals surface area contributed by atoms with Gasteiger partial charge in [0.1, 0.15) is 11.9 Å². The van der Waals surface area contributed by atoms with E-state index in [2.05, 4.69) is 16.0 Å². The van der Waals surface area contributed by atoms with Crippen molar-refractivity contribution in [3.8, 4) is 0 Å². The normalized spacial score (nSPS) is 30.4. The van der Waals surface area contributed by atoms with Crippen molar-refractivity contribution in [1.82, 2.24) is 14.9 Å². The summed E-state index contributed by atoms with van der Waals surface area (Å²) in [4.78, 5) is 10.6. The molecule has 7 nitrogen and oxygen atoms in total. The summed E-state index contributed by atoms with van der Waals surface area (Å²) in [6.07, 6.45) is 1.12. The van der Waals surface area contributed by atoms with Gasteiger partial charge in [0.15, 0.2) is 4.75 Å². The van der Waals surface area contributed by atoms with Crippen LogP contribution in [0.25, 0.3) is 0 Å². The number of guanidine groups is 1. The summed E-state index contributed by atoms with van der Waals surface area (Å²) < 4.78 is 27.9. The van der Waals surface area contributed by atoms with Gasteiger partial charge in [0.2, 0.25) is 12.4 Å². The molecule has 0 aliphatic carbocycles. The molecule has 1 aromatic rings. The third kappa shape index (κ3) is 2.54. The number of nitrogens with zero attached hydrogens (tertiary/aromatic N) is 1. The van der Waals surface area contributed by atoms with Gasteiger partial charge in [0.25, 0.3) is 0 Å². The van der Waals surface area contributed by atoms with Crippen LogP contribution in [0.2, 0.25) is 0 Å². The summed E-state index contributed by atoms with van der Waals surface area (Å²) in [6, 6.07) is 3.64. The molecule has 0 saturated carbocycles. The maximum absolute atomic E-state index is 14.4. The number of hydrogen-bond donors (Lipinski definition) is 4. The van der Waals surface area contributed by atoms with Crippen molar-refractivity contribution >= 4 is 29.4 Å². The first-order chi connectivity index (χ1) is 11.0. The average Bonchev–Trinajstić information content (AvgIpc) is 3.02. The van der Waals surface area contributed by atoms with E-state index >= 15 is 0 Å². The highest BCUT2D eigenvalue weighted by molar-refractivity contribution is 7.91. The number of carbonyl (C=O) groups is 1. The van der Waals surface area contributed by atoms with Gasteiger partial charge in [-0.25, -0.2) is 4.39 Å². The maximum Gasteiger partial charge on any atom is 0.234 e. The average molecular weight is 339 g/mol. The predicted octanol–water partition coefficient (Wildman–Crippen LogP) is 0.301. The van der Waals surface area contributed by atoms with Crippen LogP contribution in [0.3, 0.4) is 0 Å². The molecule has 2 aliphatic heterocycles. The van der Waals surface area contributed by atoms with Crippen molar-refractivity contribution in [1.29, 1.82) is 5.41 Å². The third-order valence-corrected chi connectivity index (χ3v) is 6.36. The van der Waals surface area contributed by atoms with Crippen LogP contribution in [0.15, 0.2) is 18.2 Å². The highest BCUT2D eigenvalue weighted by Gasteiger charge is 2.59. The van der Waals surface area contributed by atoms with Gasteiger partial charge in [-0.15, -0.1) is 0 Å². The molecule has 9 heteroatoms. The molecule has 124 valence electrons. The van der Waals surface area contributed by atoms with E-state index in [9.17, 15) is 13.7 Å². The lowest BCUT2D eigenvalue weighted by molar-refractivity contribution is -0.105. The van der Waals surface area contributed by atoms with Crippen molar-refractivity contribution < 1.29 is 13.7 Å². The zero-order valence-electron chi connectivity index (χ0n) is 12.6. The Hall–Kier alpha value is -1.84. The lowest BCUT2D eigenvalue weighted by Crippen LogP contribution is -2.65. The first kappa shape index (κ1) is 16.0. The van der Waals surface area contributed by atoms with Crippen LogP contribution in [-0.2, 0) is 16.2 Å². The summed E-state index contributed by atoms with van der Waals surface area (Å²) >= 11 is -1.47. The van der Waals surface area contributed by atoms with Crippen LogP contribution in [0.5, 0.6) is 0 Å². The van der Waals surface area contributed by atoms with E-state index in [4.69, 9.17) is 5.41 Å². The van der Waals surface area contributed by atoms with Gasteiger partial charge in [0, 0.05) is 24.2 Å². The number of anilines is 1. The minimum absolute atomic E-state index is 0.0148. The minimum atomic E-state index is -1.47. The van der Waals surface area contributed by atoms with Gasteiger partial charge in [-0.2, -0.15) is 4.31 Å². The second kappa shape index (κ2) is 5.99. The molecule has 1 aromatic carbocycles. The lowest BCUT2D eigenvalue weighted by Gasteiger charge is -2.46. The topological polar surface area (TPSA) is 103 Å². The van der Waals surface area contributed by atoms with Gasteiger partial charge in [-0.3, -0.25) is 10.2 Å². The summed E-state index contributed by atoms with van der Waals surface area (Å²) in [6.45, 7) is 1.14. The molecule has 1 spiro atoms. The first-order valence-corrected chi connectivity index (χ1v) is 8.31. The highest BCUT2D eigenvalue weighted by atomic mass is 32.2. The molecule has 3 rings (SSSR count). The summed E-state index contributed by atoms with van der Waals surface area (Å²) in [5, 5.41) is 16.6. The molecule has 2 heterocycles. The van der Waals surface area contributed by atoms with Gasteiger partial charge >= 0.3 is 0 Å². The van der Waals surface area contributed by atoms with E-state index in [1.165, 1.54) is 22.5 Å². The highest BCUT2D eigenvalue weighted by Crippen LogP contribution is 2.43. The zero-order valence-corrected chi connectivity index (χ0v) is 13.4. The van der Waals surface area contributed by atoms with Crippen LogP contribution in [0.4, 0.5) is 10.1 Å². The van der Waals surface area contributed by atoms with E-state index in [0.717, 1.165) is 0 Å². The van der Waals surface area contributed by atoms with Crippen LogP contribution < -0.4 is 16.0 Å². The van der Waals surface area contributed by atoms with Gasteiger partial charge in [0.05, 0.1) is 25.0 Å². The van der Waals surface area contributed by atoms with Crippen LogP contribution in [0, 0.1) is 11.2 Å². The molecule has 23 heavy (non-hydrogen) atoms. The Kier molecular flexibility index (Phi) is 4.17. The Morgan fingerprint density at radius 3 is 3.04 bits per heavy atom. The van der Waals surface area contributed by atoms with Crippen LogP contribution in [-0.4, -0.2) is 46.1 Å². The molecule has 1 amide bonds. The quantitative estimate of drug-likeness (QED) is 0.468. The fourth-order valence-electron chi connectivity index (χ4n) is 3.18. The standard InChI is InChI=1S/C14H18FN5O2S/c1-20-13(16)19-12(14(23(20)22)4-5-17-7-14)10-6-9(18-8-21)2-3-11(10)15/h2-3,6,8,12,17H,4-5,7H2,1H3,(H2,16,19)(H,18,21). The molecule has 3 unspecified atom stereocenters. The Morgan fingerprint density at radius 2 is 2.39 bits per heavy atom.